The fourth-order valence-corrected chi connectivity index (χ4v) is 2.99. The molecule has 0 saturated heterocycles. The number of aromatic nitrogens is 2. The predicted molar refractivity (Wildman–Crippen MR) is 119 cm³/mol. The van der Waals surface area contributed by atoms with Gasteiger partial charge in [-0.1, -0.05) is 30.3 Å². The maximum Gasteiger partial charge on any atom is 0.251 e. The van der Waals surface area contributed by atoms with Crippen molar-refractivity contribution in [3.8, 4) is 0 Å². The molecule has 7 nitrogen and oxygen atoms in total. The Morgan fingerprint density at radius 1 is 1.00 bits per heavy atom. The fourth-order valence-electron chi connectivity index (χ4n) is 2.99. The van der Waals surface area contributed by atoms with Crippen molar-refractivity contribution in [3.05, 3.63) is 78.0 Å². The normalized spacial score (nSPS) is 10.5. The number of nitrogens with one attached hydrogen (secondary N) is 2. The number of carbonyl (C=O) groups is 2. The van der Waals surface area contributed by atoms with Gasteiger partial charge in [0.1, 0.15) is 5.82 Å². The number of rotatable bonds is 9. The molecule has 0 aliphatic rings. The summed E-state index contributed by atoms with van der Waals surface area (Å²) >= 11 is 0. The van der Waals surface area contributed by atoms with Crippen molar-refractivity contribution in [1.82, 2.24) is 15.1 Å². The van der Waals surface area contributed by atoms with Crippen LogP contribution in [0, 0.1) is 0 Å². The lowest BCUT2D eigenvalue weighted by Crippen LogP contribution is -2.25. The summed E-state index contributed by atoms with van der Waals surface area (Å²) in [5.41, 5.74) is 2.85. The molecule has 0 aliphatic carbocycles. The van der Waals surface area contributed by atoms with Gasteiger partial charge in [0.25, 0.3) is 5.91 Å². The van der Waals surface area contributed by atoms with Crippen LogP contribution in [0.25, 0.3) is 0 Å². The summed E-state index contributed by atoms with van der Waals surface area (Å²) in [7, 11) is 4.01. The van der Waals surface area contributed by atoms with Crippen LogP contribution >= 0.6 is 0 Å². The molecule has 7 heteroatoms. The number of benzene rings is 2. The van der Waals surface area contributed by atoms with E-state index in [4.69, 9.17) is 0 Å². The molecule has 2 N–H and O–H groups in total. The summed E-state index contributed by atoms with van der Waals surface area (Å²) in [6.45, 7) is 1.02. The SMILES string of the molecule is CN(C)c1ccc(Cn2nccc2NC(=O)CCCNC(=O)c2ccccc2)cc1. The zero-order valence-electron chi connectivity index (χ0n) is 17.3. The van der Waals surface area contributed by atoms with Gasteiger partial charge in [0.05, 0.1) is 12.7 Å². The monoisotopic (exact) mass is 405 g/mol. The third-order valence-corrected chi connectivity index (χ3v) is 4.67. The van der Waals surface area contributed by atoms with Gasteiger partial charge in [0.15, 0.2) is 0 Å². The molecule has 2 aromatic carbocycles. The van der Waals surface area contributed by atoms with E-state index in [1.54, 1.807) is 29.1 Å². The lowest BCUT2D eigenvalue weighted by molar-refractivity contribution is -0.116. The zero-order chi connectivity index (χ0) is 21.3. The molecule has 3 aromatic rings. The van der Waals surface area contributed by atoms with Gasteiger partial charge in [-0.25, -0.2) is 4.68 Å². The number of hydrogen-bond acceptors (Lipinski definition) is 4. The first-order chi connectivity index (χ1) is 14.5. The van der Waals surface area contributed by atoms with Crippen LogP contribution in [0.15, 0.2) is 66.9 Å². The van der Waals surface area contributed by atoms with Gasteiger partial charge in [-0.15, -0.1) is 0 Å². The van der Waals surface area contributed by atoms with E-state index in [0.717, 1.165) is 11.3 Å². The van der Waals surface area contributed by atoms with E-state index in [-0.39, 0.29) is 11.8 Å². The van der Waals surface area contributed by atoms with E-state index in [9.17, 15) is 9.59 Å². The second-order valence-corrected chi connectivity index (χ2v) is 7.21. The molecule has 30 heavy (non-hydrogen) atoms. The highest BCUT2D eigenvalue weighted by Crippen LogP contribution is 2.15. The Morgan fingerprint density at radius 2 is 1.73 bits per heavy atom. The van der Waals surface area contributed by atoms with Crippen molar-refractivity contribution >= 4 is 23.3 Å². The molecule has 0 bridgehead atoms. The van der Waals surface area contributed by atoms with Crippen molar-refractivity contribution in [2.75, 3.05) is 30.9 Å². The van der Waals surface area contributed by atoms with Crippen LogP contribution in [0.3, 0.4) is 0 Å². The molecule has 3 rings (SSSR count). The number of nitrogens with zero attached hydrogens (tertiary/aromatic N) is 3. The molecule has 2 amide bonds. The summed E-state index contributed by atoms with van der Waals surface area (Å²) in [5.74, 6) is 0.424. The quantitative estimate of drug-likeness (QED) is 0.536. The molecule has 0 unspecified atom stereocenters. The van der Waals surface area contributed by atoms with E-state index in [1.807, 2.05) is 37.2 Å². The van der Waals surface area contributed by atoms with Crippen LogP contribution in [-0.2, 0) is 11.3 Å². The molecule has 156 valence electrons. The summed E-state index contributed by atoms with van der Waals surface area (Å²) in [6.07, 6.45) is 2.55. The molecule has 0 saturated carbocycles. The minimum Gasteiger partial charge on any atom is -0.378 e. The Bertz CT molecular complexity index is 965. The maximum atomic E-state index is 12.3. The van der Waals surface area contributed by atoms with Gasteiger partial charge in [-0.2, -0.15) is 5.10 Å². The molecule has 0 atom stereocenters. The Labute approximate surface area is 176 Å². The van der Waals surface area contributed by atoms with Gasteiger partial charge in [0, 0.05) is 44.4 Å². The smallest absolute Gasteiger partial charge is 0.251 e. The Hall–Kier alpha value is -3.61. The topological polar surface area (TPSA) is 79.3 Å². The van der Waals surface area contributed by atoms with E-state index in [0.29, 0.717) is 37.3 Å². The Morgan fingerprint density at radius 3 is 2.43 bits per heavy atom. The second-order valence-electron chi connectivity index (χ2n) is 7.21. The number of hydrogen-bond donors (Lipinski definition) is 2. The molecule has 0 fully saturated rings. The van der Waals surface area contributed by atoms with Crippen LogP contribution in [-0.4, -0.2) is 42.2 Å². The summed E-state index contributed by atoms with van der Waals surface area (Å²) in [4.78, 5) is 26.3. The number of carbonyl (C=O) groups excluding carboxylic acids is 2. The van der Waals surface area contributed by atoms with Crippen LogP contribution in [0.2, 0.25) is 0 Å². The Balaban J connectivity index is 1.45. The minimum atomic E-state index is -0.130. The number of anilines is 2. The largest absolute Gasteiger partial charge is 0.378 e. The zero-order valence-corrected chi connectivity index (χ0v) is 17.3. The Kier molecular flexibility index (Phi) is 7.21. The summed E-state index contributed by atoms with van der Waals surface area (Å²) in [6, 6.07) is 19.0. The highest BCUT2D eigenvalue weighted by molar-refractivity contribution is 5.94. The average Bonchev–Trinajstić information content (AvgIpc) is 3.18. The maximum absolute atomic E-state index is 12.3. The van der Waals surface area contributed by atoms with Crippen molar-refractivity contribution in [1.29, 1.82) is 0 Å². The molecule has 0 aliphatic heterocycles. The van der Waals surface area contributed by atoms with Crippen molar-refractivity contribution in [2.45, 2.75) is 19.4 Å². The van der Waals surface area contributed by atoms with Crippen molar-refractivity contribution in [3.63, 3.8) is 0 Å². The molecular weight excluding hydrogens is 378 g/mol. The highest BCUT2D eigenvalue weighted by atomic mass is 16.2. The van der Waals surface area contributed by atoms with Crippen molar-refractivity contribution < 1.29 is 9.59 Å². The predicted octanol–water partition coefficient (Wildman–Crippen LogP) is 3.15. The van der Waals surface area contributed by atoms with Gasteiger partial charge in [0.2, 0.25) is 5.91 Å². The summed E-state index contributed by atoms with van der Waals surface area (Å²) in [5, 5.41) is 10.0. The van der Waals surface area contributed by atoms with E-state index in [2.05, 4.69) is 40.0 Å². The molecule has 0 spiro atoms. The van der Waals surface area contributed by atoms with Gasteiger partial charge in [-0.3, -0.25) is 9.59 Å². The molecule has 1 heterocycles. The van der Waals surface area contributed by atoms with Crippen LogP contribution in [0.1, 0.15) is 28.8 Å². The first-order valence-electron chi connectivity index (χ1n) is 9.94. The molecule has 0 radical (unpaired) electrons. The first-order valence-corrected chi connectivity index (χ1v) is 9.94. The second kappa shape index (κ2) is 10.2. The van der Waals surface area contributed by atoms with Gasteiger partial charge < -0.3 is 15.5 Å². The third-order valence-electron chi connectivity index (χ3n) is 4.67. The van der Waals surface area contributed by atoms with E-state index >= 15 is 0 Å². The highest BCUT2D eigenvalue weighted by Gasteiger charge is 2.09. The van der Waals surface area contributed by atoms with Crippen LogP contribution in [0.5, 0.6) is 0 Å². The molecule has 1 aromatic heterocycles. The minimum absolute atomic E-state index is 0.103. The van der Waals surface area contributed by atoms with E-state index in [1.165, 1.54) is 0 Å². The lowest BCUT2D eigenvalue weighted by Gasteiger charge is -2.13. The first kappa shape index (κ1) is 21.1. The number of amides is 2. The van der Waals surface area contributed by atoms with Gasteiger partial charge in [-0.05, 0) is 36.2 Å². The molecular formula is C23H27N5O2. The van der Waals surface area contributed by atoms with Crippen LogP contribution < -0.4 is 15.5 Å². The average molecular weight is 406 g/mol. The fraction of sp³-hybridized carbons (Fsp3) is 0.261. The standard InChI is InChI=1S/C23H27N5O2/c1-27(2)20-12-10-18(11-13-20)17-28-21(14-16-25-28)26-22(29)9-6-15-24-23(30)19-7-4-3-5-8-19/h3-5,7-8,10-14,16H,6,9,15,17H2,1-2H3,(H,24,30)(H,26,29). The summed E-state index contributed by atoms with van der Waals surface area (Å²) < 4.78 is 1.76. The van der Waals surface area contributed by atoms with Crippen LogP contribution in [0.4, 0.5) is 11.5 Å². The van der Waals surface area contributed by atoms with E-state index < -0.39 is 0 Å². The lowest BCUT2D eigenvalue weighted by atomic mass is 10.2. The third kappa shape index (κ3) is 5.94. The van der Waals surface area contributed by atoms with Crippen molar-refractivity contribution in [2.24, 2.45) is 0 Å². The van der Waals surface area contributed by atoms with Gasteiger partial charge >= 0.3 is 0 Å².